The van der Waals surface area contributed by atoms with Gasteiger partial charge >= 0.3 is 0 Å². The van der Waals surface area contributed by atoms with Crippen molar-refractivity contribution in [1.82, 2.24) is 4.98 Å². The topological polar surface area (TPSA) is 55.1 Å². The molecule has 5 heteroatoms. The standard InChI is InChI=1S/C12H11BrN2O2/c13-9-2-1-3-10(6-9)15-12(16)5-4-11-7-17-8-14-11/h1-3,6-8H,4-5H2,(H,15,16). The Hall–Kier alpha value is -1.62. The molecule has 2 aromatic rings. The summed E-state index contributed by atoms with van der Waals surface area (Å²) < 4.78 is 5.77. The highest BCUT2D eigenvalue weighted by atomic mass is 79.9. The average molecular weight is 295 g/mol. The van der Waals surface area contributed by atoms with Crippen molar-refractivity contribution in [3.05, 3.63) is 47.1 Å². The van der Waals surface area contributed by atoms with Crippen molar-refractivity contribution in [2.75, 3.05) is 5.32 Å². The van der Waals surface area contributed by atoms with Gasteiger partial charge in [0.25, 0.3) is 0 Å². The van der Waals surface area contributed by atoms with Crippen LogP contribution in [0.2, 0.25) is 0 Å². The number of aryl methyl sites for hydroxylation is 1. The first-order valence-corrected chi connectivity index (χ1v) is 5.96. The van der Waals surface area contributed by atoms with E-state index in [0.717, 1.165) is 15.9 Å². The van der Waals surface area contributed by atoms with Crippen molar-refractivity contribution in [2.24, 2.45) is 0 Å². The zero-order valence-corrected chi connectivity index (χ0v) is 10.6. The van der Waals surface area contributed by atoms with Crippen molar-refractivity contribution >= 4 is 27.5 Å². The molecule has 0 atom stereocenters. The summed E-state index contributed by atoms with van der Waals surface area (Å²) >= 11 is 3.35. The molecule has 2 rings (SSSR count). The summed E-state index contributed by atoms with van der Waals surface area (Å²) in [6.45, 7) is 0. The van der Waals surface area contributed by atoms with Gasteiger partial charge in [-0.1, -0.05) is 22.0 Å². The van der Waals surface area contributed by atoms with E-state index in [-0.39, 0.29) is 5.91 Å². The van der Waals surface area contributed by atoms with E-state index in [2.05, 4.69) is 26.2 Å². The summed E-state index contributed by atoms with van der Waals surface area (Å²) in [6.07, 6.45) is 3.88. The fraction of sp³-hybridized carbons (Fsp3) is 0.167. The van der Waals surface area contributed by atoms with E-state index in [1.807, 2.05) is 24.3 Å². The lowest BCUT2D eigenvalue weighted by Crippen LogP contribution is -2.12. The lowest BCUT2D eigenvalue weighted by molar-refractivity contribution is -0.116. The largest absolute Gasteiger partial charge is 0.451 e. The van der Waals surface area contributed by atoms with Crippen LogP contribution in [0.15, 0.2) is 45.8 Å². The fourth-order valence-electron chi connectivity index (χ4n) is 1.39. The zero-order valence-electron chi connectivity index (χ0n) is 9.02. The minimum Gasteiger partial charge on any atom is -0.451 e. The molecule has 88 valence electrons. The molecule has 1 aromatic heterocycles. The number of aromatic nitrogens is 1. The van der Waals surface area contributed by atoms with Gasteiger partial charge in [0.05, 0.1) is 5.69 Å². The molecule has 4 nitrogen and oxygen atoms in total. The molecule has 0 bridgehead atoms. The van der Waals surface area contributed by atoms with Crippen LogP contribution in [0.5, 0.6) is 0 Å². The molecule has 0 radical (unpaired) electrons. The van der Waals surface area contributed by atoms with E-state index >= 15 is 0 Å². The van der Waals surface area contributed by atoms with Crippen molar-refractivity contribution in [3.8, 4) is 0 Å². The van der Waals surface area contributed by atoms with Crippen LogP contribution in [-0.4, -0.2) is 10.9 Å². The number of nitrogens with one attached hydrogen (secondary N) is 1. The van der Waals surface area contributed by atoms with Crippen molar-refractivity contribution in [2.45, 2.75) is 12.8 Å². The van der Waals surface area contributed by atoms with E-state index < -0.39 is 0 Å². The molecule has 0 fully saturated rings. The number of halogens is 1. The molecule has 0 aliphatic carbocycles. The van der Waals surface area contributed by atoms with Gasteiger partial charge in [-0.05, 0) is 18.2 Å². The van der Waals surface area contributed by atoms with Crippen LogP contribution in [0.1, 0.15) is 12.1 Å². The number of anilines is 1. The van der Waals surface area contributed by atoms with Crippen molar-refractivity contribution < 1.29 is 9.21 Å². The Morgan fingerprint density at radius 3 is 3.06 bits per heavy atom. The minimum atomic E-state index is -0.0360. The molecule has 0 unspecified atom stereocenters. The van der Waals surface area contributed by atoms with Crippen molar-refractivity contribution in [1.29, 1.82) is 0 Å². The van der Waals surface area contributed by atoms with Crippen LogP contribution in [0, 0.1) is 0 Å². The predicted octanol–water partition coefficient (Wildman–Crippen LogP) is 3.01. The number of oxazole rings is 1. The SMILES string of the molecule is O=C(CCc1cocn1)Nc1cccc(Br)c1. The molecular formula is C12H11BrN2O2. The Bertz CT molecular complexity index is 497. The second kappa shape index (κ2) is 5.63. The Balaban J connectivity index is 1.85. The highest BCUT2D eigenvalue weighted by Crippen LogP contribution is 2.15. The van der Waals surface area contributed by atoms with Crippen LogP contribution < -0.4 is 5.32 Å². The van der Waals surface area contributed by atoms with E-state index in [9.17, 15) is 4.79 Å². The summed E-state index contributed by atoms with van der Waals surface area (Å²) in [5.41, 5.74) is 1.57. The molecule has 0 aliphatic rings. The Labute approximate surface area is 107 Å². The summed E-state index contributed by atoms with van der Waals surface area (Å²) in [7, 11) is 0. The predicted molar refractivity (Wildman–Crippen MR) is 67.6 cm³/mol. The number of amides is 1. The van der Waals surface area contributed by atoms with Crippen LogP contribution in [0.4, 0.5) is 5.69 Å². The van der Waals surface area contributed by atoms with Crippen LogP contribution in [-0.2, 0) is 11.2 Å². The van der Waals surface area contributed by atoms with Crippen LogP contribution in [0.25, 0.3) is 0 Å². The van der Waals surface area contributed by atoms with Gasteiger partial charge in [-0.2, -0.15) is 0 Å². The van der Waals surface area contributed by atoms with Gasteiger partial charge in [0, 0.05) is 23.0 Å². The molecule has 1 N–H and O–H groups in total. The molecule has 0 saturated carbocycles. The number of benzene rings is 1. The second-order valence-corrected chi connectivity index (χ2v) is 4.45. The number of carbonyl (C=O) groups excluding carboxylic acids is 1. The quantitative estimate of drug-likeness (QED) is 0.943. The zero-order chi connectivity index (χ0) is 12.1. The molecule has 0 saturated heterocycles. The summed E-state index contributed by atoms with van der Waals surface area (Å²) in [6, 6.07) is 7.48. The number of carbonyl (C=O) groups is 1. The third-order valence-corrected chi connectivity index (χ3v) is 2.69. The first-order chi connectivity index (χ1) is 8.24. The molecule has 1 aromatic carbocycles. The maximum Gasteiger partial charge on any atom is 0.224 e. The van der Waals surface area contributed by atoms with Gasteiger partial charge < -0.3 is 9.73 Å². The third kappa shape index (κ3) is 3.71. The summed E-state index contributed by atoms with van der Waals surface area (Å²) in [4.78, 5) is 15.6. The van der Waals surface area contributed by atoms with Gasteiger partial charge in [-0.25, -0.2) is 4.98 Å². The lowest BCUT2D eigenvalue weighted by Gasteiger charge is -2.04. The molecule has 0 aliphatic heterocycles. The van der Waals surface area contributed by atoms with Gasteiger partial charge in [0.1, 0.15) is 6.26 Å². The summed E-state index contributed by atoms with van der Waals surface area (Å²) in [5.74, 6) is -0.0360. The molecule has 1 amide bonds. The minimum absolute atomic E-state index is 0.0360. The Kier molecular flexibility index (Phi) is 3.93. The molecule has 0 spiro atoms. The number of rotatable bonds is 4. The normalized spacial score (nSPS) is 10.2. The first kappa shape index (κ1) is 11.9. The van der Waals surface area contributed by atoms with Gasteiger partial charge in [-0.3, -0.25) is 4.79 Å². The molecule has 1 heterocycles. The Morgan fingerprint density at radius 2 is 2.35 bits per heavy atom. The van der Waals surface area contributed by atoms with Gasteiger partial charge in [0.15, 0.2) is 6.39 Å². The van der Waals surface area contributed by atoms with E-state index in [4.69, 9.17) is 4.42 Å². The van der Waals surface area contributed by atoms with E-state index in [0.29, 0.717) is 12.8 Å². The Morgan fingerprint density at radius 1 is 1.47 bits per heavy atom. The lowest BCUT2D eigenvalue weighted by atomic mass is 10.2. The van der Waals surface area contributed by atoms with Crippen LogP contribution >= 0.6 is 15.9 Å². The monoisotopic (exact) mass is 294 g/mol. The second-order valence-electron chi connectivity index (χ2n) is 3.54. The van der Waals surface area contributed by atoms with E-state index in [1.165, 1.54) is 6.39 Å². The average Bonchev–Trinajstić information content (AvgIpc) is 2.79. The number of hydrogen-bond donors (Lipinski definition) is 1. The molecular weight excluding hydrogens is 284 g/mol. The maximum atomic E-state index is 11.6. The van der Waals surface area contributed by atoms with Gasteiger partial charge in [-0.15, -0.1) is 0 Å². The fourth-order valence-corrected chi connectivity index (χ4v) is 1.79. The third-order valence-electron chi connectivity index (χ3n) is 2.20. The summed E-state index contributed by atoms with van der Waals surface area (Å²) in [5, 5.41) is 2.82. The first-order valence-electron chi connectivity index (χ1n) is 5.16. The van der Waals surface area contributed by atoms with Crippen molar-refractivity contribution in [3.63, 3.8) is 0 Å². The highest BCUT2D eigenvalue weighted by Gasteiger charge is 2.04. The van der Waals surface area contributed by atoms with E-state index in [1.54, 1.807) is 6.26 Å². The number of nitrogens with zero attached hydrogens (tertiary/aromatic N) is 1. The highest BCUT2D eigenvalue weighted by molar-refractivity contribution is 9.10. The number of hydrogen-bond acceptors (Lipinski definition) is 3. The molecule has 17 heavy (non-hydrogen) atoms. The van der Waals surface area contributed by atoms with Gasteiger partial charge in [0.2, 0.25) is 5.91 Å². The maximum absolute atomic E-state index is 11.6. The van der Waals surface area contributed by atoms with Crippen LogP contribution in [0.3, 0.4) is 0 Å². The smallest absolute Gasteiger partial charge is 0.224 e.